The summed E-state index contributed by atoms with van der Waals surface area (Å²) in [6.07, 6.45) is 3.20. The van der Waals surface area contributed by atoms with Crippen LogP contribution in [-0.2, 0) is 0 Å². The summed E-state index contributed by atoms with van der Waals surface area (Å²) in [5, 5.41) is 8.94. The van der Waals surface area contributed by atoms with Crippen molar-refractivity contribution in [1.82, 2.24) is 9.88 Å². The summed E-state index contributed by atoms with van der Waals surface area (Å²) in [4.78, 5) is 6.27. The van der Waals surface area contributed by atoms with Crippen LogP contribution in [0.25, 0.3) is 11.1 Å². The number of fused-ring (bicyclic) bond motifs is 1. The van der Waals surface area contributed by atoms with E-state index in [2.05, 4.69) is 16.0 Å². The largest absolute Gasteiger partial charge is 0.443 e. The Morgan fingerprint density at radius 2 is 2.24 bits per heavy atom. The summed E-state index contributed by atoms with van der Waals surface area (Å²) >= 11 is 0. The SMILES string of the molecule is CN(C)C(CCCO)c1ccc2ncoc2c1. The van der Waals surface area contributed by atoms with Gasteiger partial charge in [-0.05, 0) is 44.6 Å². The second-order valence-electron chi connectivity index (χ2n) is 4.42. The molecule has 4 nitrogen and oxygen atoms in total. The molecule has 1 aromatic heterocycles. The van der Waals surface area contributed by atoms with Crippen LogP contribution < -0.4 is 0 Å². The molecule has 1 aromatic carbocycles. The molecule has 1 heterocycles. The van der Waals surface area contributed by atoms with Gasteiger partial charge in [-0.25, -0.2) is 4.98 Å². The Labute approximate surface area is 101 Å². The second kappa shape index (κ2) is 5.29. The molecule has 0 saturated carbocycles. The topological polar surface area (TPSA) is 49.5 Å². The van der Waals surface area contributed by atoms with E-state index in [9.17, 15) is 0 Å². The van der Waals surface area contributed by atoms with Crippen LogP contribution in [0.15, 0.2) is 29.0 Å². The number of aliphatic hydroxyl groups is 1. The molecule has 1 atom stereocenters. The zero-order valence-corrected chi connectivity index (χ0v) is 10.3. The van der Waals surface area contributed by atoms with Gasteiger partial charge in [-0.3, -0.25) is 0 Å². The standard InChI is InChI=1S/C13H18N2O2/c1-15(2)12(4-3-7-16)10-5-6-11-13(8-10)17-9-14-11/h5-6,8-9,12,16H,3-4,7H2,1-2H3. The average Bonchev–Trinajstić information content (AvgIpc) is 2.76. The molecule has 0 radical (unpaired) electrons. The van der Waals surface area contributed by atoms with Gasteiger partial charge in [0.1, 0.15) is 5.52 Å². The van der Waals surface area contributed by atoms with Crippen molar-refractivity contribution < 1.29 is 9.52 Å². The van der Waals surface area contributed by atoms with Crippen molar-refractivity contribution in [3.63, 3.8) is 0 Å². The zero-order chi connectivity index (χ0) is 12.3. The number of nitrogens with zero attached hydrogens (tertiary/aromatic N) is 2. The van der Waals surface area contributed by atoms with Gasteiger partial charge in [-0.1, -0.05) is 6.07 Å². The molecule has 0 bridgehead atoms. The molecule has 0 fully saturated rings. The van der Waals surface area contributed by atoms with Crippen LogP contribution in [0.4, 0.5) is 0 Å². The molecular weight excluding hydrogens is 216 g/mol. The summed E-state index contributed by atoms with van der Waals surface area (Å²) in [5.74, 6) is 0. The lowest BCUT2D eigenvalue weighted by molar-refractivity contribution is 0.235. The molecule has 1 unspecified atom stereocenters. The lowest BCUT2D eigenvalue weighted by Crippen LogP contribution is -2.20. The van der Waals surface area contributed by atoms with Gasteiger partial charge in [0.05, 0.1) is 0 Å². The number of rotatable bonds is 5. The highest BCUT2D eigenvalue weighted by atomic mass is 16.3. The minimum absolute atomic E-state index is 0.231. The van der Waals surface area contributed by atoms with Crippen LogP contribution in [0, 0.1) is 0 Å². The lowest BCUT2D eigenvalue weighted by atomic mass is 10.0. The number of aliphatic hydroxyl groups excluding tert-OH is 1. The lowest BCUT2D eigenvalue weighted by Gasteiger charge is -2.24. The first-order chi connectivity index (χ1) is 8.22. The highest BCUT2D eigenvalue weighted by Gasteiger charge is 2.14. The highest BCUT2D eigenvalue weighted by Crippen LogP contribution is 2.26. The molecule has 4 heteroatoms. The molecular formula is C13H18N2O2. The fourth-order valence-electron chi connectivity index (χ4n) is 2.09. The number of hydrogen-bond acceptors (Lipinski definition) is 4. The summed E-state index contributed by atoms with van der Waals surface area (Å²) in [7, 11) is 4.10. The first-order valence-electron chi connectivity index (χ1n) is 5.83. The van der Waals surface area contributed by atoms with Crippen molar-refractivity contribution in [2.24, 2.45) is 0 Å². The van der Waals surface area contributed by atoms with E-state index in [0.717, 1.165) is 23.9 Å². The van der Waals surface area contributed by atoms with Gasteiger partial charge >= 0.3 is 0 Å². The Hall–Kier alpha value is -1.39. The van der Waals surface area contributed by atoms with Crippen molar-refractivity contribution in [2.45, 2.75) is 18.9 Å². The third-order valence-corrected chi connectivity index (χ3v) is 3.00. The Kier molecular flexibility index (Phi) is 3.76. The van der Waals surface area contributed by atoms with Gasteiger partial charge in [0.25, 0.3) is 0 Å². The molecule has 2 aromatic rings. The monoisotopic (exact) mass is 234 g/mol. The van der Waals surface area contributed by atoms with Crippen molar-refractivity contribution in [2.75, 3.05) is 20.7 Å². The number of aromatic nitrogens is 1. The predicted octanol–water partition coefficient (Wildman–Crippen LogP) is 2.20. The predicted molar refractivity (Wildman–Crippen MR) is 66.8 cm³/mol. The van der Waals surface area contributed by atoms with Gasteiger partial charge in [0, 0.05) is 12.6 Å². The van der Waals surface area contributed by atoms with Crippen LogP contribution in [0.3, 0.4) is 0 Å². The maximum Gasteiger partial charge on any atom is 0.181 e. The van der Waals surface area contributed by atoms with E-state index < -0.39 is 0 Å². The maximum atomic E-state index is 8.94. The van der Waals surface area contributed by atoms with E-state index in [-0.39, 0.29) is 6.61 Å². The quantitative estimate of drug-likeness (QED) is 0.861. The van der Waals surface area contributed by atoms with E-state index in [1.165, 1.54) is 12.0 Å². The Morgan fingerprint density at radius 1 is 1.41 bits per heavy atom. The minimum Gasteiger partial charge on any atom is -0.443 e. The molecule has 92 valence electrons. The molecule has 0 aliphatic rings. The molecule has 0 aliphatic carbocycles. The Morgan fingerprint density at radius 3 is 2.94 bits per heavy atom. The smallest absolute Gasteiger partial charge is 0.181 e. The molecule has 0 aliphatic heterocycles. The number of oxazole rings is 1. The summed E-state index contributed by atoms with van der Waals surface area (Å²) in [6.45, 7) is 0.231. The van der Waals surface area contributed by atoms with Gasteiger partial charge < -0.3 is 14.4 Å². The van der Waals surface area contributed by atoms with Gasteiger partial charge in [0.2, 0.25) is 0 Å². The molecule has 17 heavy (non-hydrogen) atoms. The van der Waals surface area contributed by atoms with Crippen molar-refractivity contribution in [3.05, 3.63) is 30.2 Å². The van der Waals surface area contributed by atoms with E-state index in [1.54, 1.807) is 0 Å². The third-order valence-electron chi connectivity index (χ3n) is 3.00. The minimum atomic E-state index is 0.231. The van der Waals surface area contributed by atoms with Gasteiger partial charge in [-0.2, -0.15) is 0 Å². The molecule has 2 rings (SSSR count). The van der Waals surface area contributed by atoms with Crippen LogP contribution in [0.2, 0.25) is 0 Å². The van der Waals surface area contributed by atoms with E-state index >= 15 is 0 Å². The number of benzene rings is 1. The maximum absolute atomic E-state index is 8.94. The molecule has 1 N–H and O–H groups in total. The third kappa shape index (κ3) is 2.65. The average molecular weight is 234 g/mol. The van der Waals surface area contributed by atoms with E-state index in [1.807, 2.05) is 26.2 Å². The van der Waals surface area contributed by atoms with Gasteiger partial charge in [-0.15, -0.1) is 0 Å². The summed E-state index contributed by atoms with van der Waals surface area (Å²) in [5.41, 5.74) is 2.90. The fraction of sp³-hybridized carbons (Fsp3) is 0.462. The highest BCUT2D eigenvalue weighted by molar-refractivity contribution is 5.72. The van der Waals surface area contributed by atoms with Crippen LogP contribution in [0.1, 0.15) is 24.4 Å². The van der Waals surface area contributed by atoms with Crippen LogP contribution in [0.5, 0.6) is 0 Å². The Balaban J connectivity index is 2.27. The van der Waals surface area contributed by atoms with Crippen LogP contribution in [-0.4, -0.2) is 35.7 Å². The Bertz CT molecular complexity index is 479. The van der Waals surface area contributed by atoms with E-state index in [0.29, 0.717) is 6.04 Å². The van der Waals surface area contributed by atoms with E-state index in [4.69, 9.17) is 9.52 Å². The van der Waals surface area contributed by atoms with Gasteiger partial charge in [0.15, 0.2) is 12.0 Å². The molecule has 0 amide bonds. The van der Waals surface area contributed by atoms with Crippen LogP contribution >= 0.6 is 0 Å². The first-order valence-corrected chi connectivity index (χ1v) is 5.83. The molecule has 0 spiro atoms. The molecule has 0 saturated heterocycles. The fourth-order valence-corrected chi connectivity index (χ4v) is 2.09. The number of hydrogen-bond donors (Lipinski definition) is 1. The first kappa shape index (κ1) is 12.1. The van der Waals surface area contributed by atoms with Crippen molar-refractivity contribution >= 4 is 11.1 Å². The second-order valence-corrected chi connectivity index (χ2v) is 4.42. The van der Waals surface area contributed by atoms with Crippen molar-refractivity contribution in [3.8, 4) is 0 Å². The zero-order valence-electron chi connectivity index (χ0n) is 10.3. The normalized spacial score (nSPS) is 13.4. The summed E-state index contributed by atoms with van der Waals surface area (Å²) in [6, 6.07) is 6.39. The van der Waals surface area contributed by atoms with Crippen molar-refractivity contribution in [1.29, 1.82) is 0 Å². The summed E-state index contributed by atoms with van der Waals surface area (Å²) < 4.78 is 5.31.